The Balaban J connectivity index is 1.71. The Labute approximate surface area is 161 Å². The molecule has 6 nitrogen and oxygen atoms in total. The fourth-order valence-electron chi connectivity index (χ4n) is 4.20. The van der Waals surface area contributed by atoms with Crippen molar-refractivity contribution < 1.29 is 14.3 Å². The Morgan fingerprint density at radius 3 is 2.19 bits per heavy atom. The van der Waals surface area contributed by atoms with E-state index in [0.717, 1.165) is 44.6 Å². The fraction of sp³-hybridized carbons (Fsp3) is 0.667. The average Bonchev–Trinajstić information content (AvgIpc) is 3.11. The summed E-state index contributed by atoms with van der Waals surface area (Å²) in [4.78, 5) is 32.1. The SMILES string of the molecule is COC(=O)C1(NC(=O)c2ccc(N3CCCCCC3)nc2)CCCCCC1. The van der Waals surface area contributed by atoms with Gasteiger partial charge >= 0.3 is 5.97 Å². The molecule has 0 aromatic carbocycles. The van der Waals surface area contributed by atoms with E-state index in [4.69, 9.17) is 4.74 Å². The van der Waals surface area contributed by atoms with Gasteiger partial charge in [-0.05, 0) is 37.8 Å². The number of methoxy groups -OCH3 is 1. The highest BCUT2D eigenvalue weighted by atomic mass is 16.5. The summed E-state index contributed by atoms with van der Waals surface area (Å²) in [5.74, 6) is 0.328. The fourth-order valence-corrected chi connectivity index (χ4v) is 4.20. The Kier molecular flexibility index (Phi) is 6.69. The average molecular weight is 373 g/mol. The third kappa shape index (κ3) is 4.79. The van der Waals surface area contributed by atoms with Crippen LogP contribution in [0.1, 0.15) is 74.6 Å². The van der Waals surface area contributed by atoms with E-state index in [1.165, 1.54) is 32.8 Å². The van der Waals surface area contributed by atoms with Gasteiger partial charge in [-0.2, -0.15) is 0 Å². The molecule has 1 N–H and O–H groups in total. The quantitative estimate of drug-likeness (QED) is 0.646. The first kappa shape index (κ1) is 19.6. The highest BCUT2D eigenvalue weighted by molar-refractivity contribution is 5.98. The molecule has 1 saturated heterocycles. The van der Waals surface area contributed by atoms with Gasteiger partial charge in [0.05, 0.1) is 12.7 Å². The molecule has 27 heavy (non-hydrogen) atoms. The van der Waals surface area contributed by atoms with Gasteiger partial charge in [-0.15, -0.1) is 0 Å². The van der Waals surface area contributed by atoms with Crippen molar-refractivity contribution in [3.63, 3.8) is 0 Å². The normalized spacial score (nSPS) is 20.3. The molecule has 6 heteroatoms. The molecule has 2 heterocycles. The zero-order valence-electron chi connectivity index (χ0n) is 16.3. The first-order chi connectivity index (χ1) is 13.1. The monoisotopic (exact) mass is 373 g/mol. The van der Waals surface area contributed by atoms with Crippen LogP contribution in [0.3, 0.4) is 0 Å². The predicted molar refractivity (Wildman–Crippen MR) is 105 cm³/mol. The topological polar surface area (TPSA) is 71.5 Å². The number of esters is 1. The second-order valence-electron chi connectivity index (χ2n) is 7.75. The number of amides is 1. The molecular formula is C21H31N3O3. The van der Waals surface area contributed by atoms with Crippen molar-refractivity contribution in [2.24, 2.45) is 0 Å². The van der Waals surface area contributed by atoms with E-state index in [1.54, 1.807) is 6.20 Å². The zero-order valence-corrected chi connectivity index (χ0v) is 16.3. The molecule has 1 aromatic rings. The lowest BCUT2D eigenvalue weighted by Crippen LogP contribution is -2.54. The van der Waals surface area contributed by atoms with Gasteiger partial charge in [-0.1, -0.05) is 38.5 Å². The van der Waals surface area contributed by atoms with Gasteiger partial charge in [0.25, 0.3) is 5.91 Å². The van der Waals surface area contributed by atoms with Crippen molar-refractivity contribution in [1.29, 1.82) is 0 Å². The van der Waals surface area contributed by atoms with E-state index in [9.17, 15) is 9.59 Å². The Morgan fingerprint density at radius 1 is 1.00 bits per heavy atom. The number of ether oxygens (including phenoxy) is 1. The van der Waals surface area contributed by atoms with Crippen molar-refractivity contribution >= 4 is 17.7 Å². The molecule has 0 bridgehead atoms. The third-order valence-corrected chi connectivity index (χ3v) is 5.83. The second kappa shape index (κ2) is 9.20. The summed E-state index contributed by atoms with van der Waals surface area (Å²) >= 11 is 0. The minimum absolute atomic E-state index is 0.253. The number of hydrogen-bond acceptors (Lipinski definition) is 5. The summed E-state index contributed by atoms with van der Waals surface area (Å²) in [7, 11) is 1.39. The maximum absolute atomic E-state index is 12.8. The number of nitrogens with zero attached hydrogens (tertiary/aromatic N) is 2. The molecule has 2 fully saturated rings. The van der Waals surface area contributed by atoms with E-state index >= 15 is 0 Å². The van der Waals surface area contributed by atoms with Crippen LogP contribution in [0.25, 0.3) is 0 Å². The maximum atomic E-state index is 12.8. The van der Waals surface area contributed by atoms with Gasteiger partial charge in [-0.3, -0.25) is 4.79 Å². The Morgan fingerprint density at radius 2 is 1.63 bits per heavy atom. The van der Waals surface area contributed by atoms with E-state index < -0.39 is 5.54 Å². The van der Waals surface area contributed by atoms with Crippen LogP contribution in [-0.2, 0) is 9.53 Å². The molecule has 0 spiro atoms. The Hall–Kier alpha value is -2.11. The summed E-state index contributed by atoms with van der Waals surface area (Å²) in [6.45, 7) is 2.04. The lowest BCUT2D eigenvalue weighted by molar-refractivity contribution is -0.148. The predicted octanol–water partition coefficient (Wildman–Crippen LogP) is 3.46. The molecule has 1 aliphatic heterocycles. The molecule has 148 valence electrons. The minimum atomic E-state index is -0.911. The zero-order chi connectivity index (χ0) is 19.1. The Bertz CT molecular complexity index is 629. The number of aromatic nitrogens is 1. The number of anilines is 1. The molecule has 3 rings (SSSR count). The largest absolute Gasteiger partial charge is 0.467 e. The highest BCUT2D eigenvalue weighted by Crippen LogP contribution is 2.29. The van der Waals surface area contributed by atoms with Crippen LogP contribution in [-0.4, -0.2) is 42.6 Å². The number of hydrogen-bond donors (Lipinski definition) is 1. The number of nitrogens with one attached hydrogen (secondary N) is 1. The van der Waals surface area contributed by atoms with Gasteiger partial charge in [0.15, 0.2) is 0 Å². The highest BCUT2D eigenvalue weighted by Gasteiger charge is 2.41. The maximum Gasteiger partial charge on any atom is 0.331 e. The summed E-state index contributed by atoms with van der Waals surface area (Å²) in [6.07, 6.45) is 11.8. The van der Waals surface area contributed by atoms with Crippen LogP contribution in [0, 0.1) is 0 Å². The van der Waals surface area contributed by atoms with Gasteiger partial charge in [0.1, 0.15) is 11.4 Å². The van der Waals surface area contributed by atoms with E-state index in [1.807, 2.05) is 12.1 Å². The van der Waals surface area contributed by atoms with Crippen molar-refractivity contribution in [1.82, 2.24) is 10.3 Å². The van der Waals surface area contributed by atoms with Crippen molar-refractivity contribution in [2.75, 3.05) is 25.1 Å². The minimum Gasteiger partial charge on any atom is -0.467 e. The van der Waals surface area contributed by atoms with E-state index in [2.05, 4.69) is 15.2 Å². The van der Waals surface area contributed by atoms with Crippen LogP contribution in [0.2, 0.25) is 0 Å². The molecule has 0 radical (unpaired) electrons. The number of rotatable bonds is 4. The van der Waals surface area contributed by atoms with Crippen LogP contribution < -0.4 is 10.2 Å². The molecular weight excluding hydrogens is 342 g/mol. The third-order valence-electron chi connectivity index (χ3n) is 5.83. The van der Waals surface area contributed by atoms with Crippen LogP contribution in [0.4, 0.5) is 5.82 Å². The van der Waals surface area contributed by atoms with Crippen LogP contribution >= 0.6 is 0 Å². The van der Waals surface area contributed by atoms with Gasteiger partial charge in [0, 0.05) is 19.3 Å². The van der Waals surface area contributed by atoms with Crippen LogP contribution in [0.5, 0.6) is 0 Å². The van der Waals surface area contributed by atoms with Crippen molar-refractivity contribution in [3.05, 3.63) is 23.9 Å². The van der Waals surface area contributed by atoms with Gasteiger partial charge < -0.3 is 15.0 Å². The smallest absolute Gasteiger partial charge is 0.331 e. The molecule has 0 unspecified atom stereocenters. The second-order valence-corrected chi connectivity index (χ2v) is 7.75. The summed E-state index contributed by atoms with van der Waals surface area (Å²) < 4.78 is 5.02. The molecule has 1 amide bonds. The summed E-state index contributed by atoms with van der Waals surface area (Å²) in [5, 5.41) is 2.98. The summed E-state index contributed by atoms with van der Waals surface area (Å²) in [5.41, 5.74) is -0.424. The van der Waals surface area contributed by atoms with E-state index in [-0.39, 0.29) is 11.9 Å². The van der Waals surface area contributed by atoms with Crippen molar-refractivity contribution in [2.45, 2.75) is 69.7 Å². The standard InChI is InChI=1S/C21H31N3O3/c1-27-20(26)21(12-6-2-3-7-13-21)23-19(25)17-10-11-18(22-16-17)24-14-8-4-5-9-15-24/h10-11,16H,2-9,12-15H2,1H3,(H,23,25). The molecule has 1 saturated carbocycles. The van der Waals surface area contributed by atoms with E-state index in [0.29, 0.717) is 18.4 Å². The summed E-state index contributed by atoms with van der Waals surface area (Å²) in [6, 6.07) is 3.72. The lowest BCUT2D eigenvalue weighted by Gasteiger charge is -2.31. The molecule has 2 aliphatic rings. The van der Waals surface area contributed by atoms with Gasteiger partial charge in [-0.25, -0.2) is 9.78 Å². The lowest BCUT2D eigenvalue weighted by atomic mass is 9.89. The van der Waals surface area contributed by atoms with Gasteiger partial charge in [0.2, 0.25) is 0 Å². The number of carbonyl (C=O) groups is 2. The first-order valence-electron chi connectivity index (χ1n) is 10.3. The number of pyridine rings is 1. The van der Waals surface area contributed by atoms with Crippen LogP contribution in [0.15, 0.2) is 18.3 Å². The molecule has 1 aromatic heterocycles. The molecule has 0 atom stereocenters. The van der Waals surface area contributed by atoms with Crippen molar-refractivity contribution in [3.8, 4) is 0 Å². The first-order valence-corrected chi connectivity index (χ1v) is 10.3. The molecule has 1 aliphatic carbocycles. The number of carbonyl (C=O) groups excluding carboxylic acids is 2.